The highest BCUT2D eigenvalue weighted by Gasteiger charge is 1.87. The van der Waals surface area contributed by atoms with Crippen LogP contribution in [0.25, 0.3) is 0 Å². The van der Waals surface area contributed by atoms with Gasteiger partial charge in [0.2, 0.25) is 0 Å². The van der Waals surface area contributed by atoms with Gasteiger partial charge in [0.05, 0.1) is 0 Å². The van der Waals surface area contributed by atoms with Crippen molar-refractivity contribution in [2.24, 2.45) is 0 Å². The molecular weight excluding hydrogens is 310 g/mol. The average molecular weight is 352 g/mol. The normalized spacial score (nSPS) is 12.2. The maximum absolute atomic E-state index is 3.43. The van der Waals surface area contributed by atoms with Gasteiger partial charge in [0, 0.05) is 39.3 Å². The van der Waals surface area contributed by atoms with E-state index in [1.807, 2.05) is 0 Å². The van der Waals surface area contributed by atoms with Gasteiger partial charge in [-0.2, -0.15) is 0 Å². The summed E-state index contributed by atoms with van der Waals surface area (Å²) in [5.74, 6) is 0. The third kappa shape index (κ3) is 23.0. The molecule has 5 heteroatoms. The molecule has 0 amide bonds. The number of rotatable bonds is 19. The van der Waals surface area contributed by atoms with Gasteiger partial charge in [0.15, 0.2) is 0 Å². The van der Waals surface area contributed by atoms with Crippen LogP contribution >= 0.6 is 0 Å². The fourth-order valence-corrected chi connectivity index (χ4v) is 2.09. The fourth-order valence-electron chi connectivity index (χ4n) is 2.09. The molecule has 0 aromatic heterocycles. The Kier molecular flexibility index (Phi) is 22.1. The Labute approximate surface area is 155 Å². The highest BCUT2D eigenvalue weighted by Crippen LogP contribution is 1.84. The van der Waals surface area contributed by atoms with E-state index in [4.69, 9.17) is 0 Å². The van der Waals surface area contributed by atoms with Crippen LogP contribution < -0.4 is 26.6 Å². The first-order chi connectivity index (χ1) is 12.4. The van der Waals surface area contributed by atoms with E-state index in [0.717, 1.165) is 65.4 Å². The van der Waals surface area contributed by atoms with Crippen LogP contribution in [0, 0.1) is 0 Å². The molecule has 5 nitrogen and oxygen atoms in total. The van der Waals surface area contributed by atoms with E-state index < -0.39 is 0 Å². The smallest absolute Gasteiger partial charge is 0.0138 e. The van der Waals surface area contributed by atoms with Crippen LogP contribution in [0.3, 0.4) is 0 Å². The van der Waals surface area contributed by atoms with E-state index in [9.17, 15) is 0 Å². The summed E-state index contributed by atoms with van der Waals surface area (Å²) in [5, 5.41) is 16.8. The Bertz CT molecular complexity index is 326. The molecule has 146 valence electrons. The van der Waals surface area contributed by atoms with Crippen LogP contribution in [0.2, 0.25) is 0 Å². The molecule has 0 unspecified atom stereocenters. The van der Waals surface area contributed by atoms with Crippen LogP contribution in [0.4, 0.5) is 0 Å². The summed E-state index contributed by atoms with van der Waals surface area (Å²) in [4.78, 5) is 0. The minimum absolute atomic E-state index is 0.917. The second-order valence-corrected chi connectivity index (χ2v) is 5.80. The number of unbranched alkanes of at least 4 members (excludes halogenated alkanes) is 1. The van der Waals surface area contributed by atoms with Crippen molar-refractivity contribution in [2.75, 3.05) is 65.4 Å². The molecule has 0 heterocycles. The first kappa shape index (κ1) is 24.0. The molecule has 0 aliphatic rings. The predicted molar refractivity (Wildman–Crippen MR) is 112 cm³/mol. The van der Waals surface area contributed by atoms with Crippen LogP contribution in [-0.2, 0) is 0 Å². The Hall–Kier alpha value is -0.980. The van der Waals surface area contributed by atoms with E-state index in [2.05, 4.69) is 76.9 Å². The van der Waals surface area contributed by atoms with Gasteiger partial charge in [-0.05, 0) is 39.0 Å². The molecule has 0 aliphatic carbocycles. The average Bonchev–Trinajstić information content (AvgIpc) is 2.63. The molecule has 0 saturated heterocycles. The summed E-state index contributed by atoms with van der Waals surface area (Å²) < 4.78 is 0. The summed E-state index contributed by atoms with van der Waals surface area (Å²) in [6, 6.07) is 0. The Morgan fingerprint density at radius 1 is 0.440 bits per heavy atom. The largest absolute Gasteiger partial charge is 0.317 e. The Morgan fingerprint density at radius 3 is 1.24 bits per heavy atom. The first-order valence-electron chi connectivity index (χ1n) is 9.90. The summed E-state index contributed by atoms with van der Waals surface area (Å²) >= 11 is 0. The molecule has 0 rings (SSSR count). The molecule has 0 fully saturated rings. The molecule has 0 spiro atoms. The summed E-state index contributed by atoms with van der Waals surface area (Å²) in [6.45, 7) is 14.2. The van der Waals surface area contributed by atoms with E-state index in [1.54, 1.807) is 0 Å². The number of hydrogen-bond donors (Lipinski definition) is 5. The lowest BCUT2D eigenvalue weighted by Crippen LogP contribution is -2.19. The zero-order valence-electron chi connectivity index (χ0n) is 16.4. The van der Waals surface area contributed by atoms with Gasteiger partial charge < -0.3 is 26.6 Å². The predicted octanol–water partition coefficient (Wildman–Crippen LogP) is 1.42. The van der Waals surface area contributed by atoms with Crippen molar-refractivity contribution < 1.29 is 0 Å². The minimum atomic E-state index is 0.917. The SMILES string of the molecule is CCNCC=CCNCC=CCNCC=CCNCCCCNCC. The Morgan fingerprint density at radius 2 is 0.800 bits per heavy atom. The van der Waals surface area contributed by atoms with Crippen molar-refractivity contribution in [1.82, 2.24) is 26.6 Å². The van der Waals surface area contributed by atoms with Gasteiger partial charge in [0.25, 0.3) is 0 Å². The van der Waals surface area contributed by atoms with Gasteiger partial charge in [-0.3, -0.25) is 0 Å². The van der Waals surface area contributed by atoms with Gasteiger partial charge in [-0.15, -0.1) is 0 Å². The fraction of sp³-hybridized carbons (Fsp3) is 0.700. The second-order valence-electron chi connectivity index (χ2n) is 5.80. The lowest BCUT2D eigenvalue weighted by Gasteiger charge is -2.02. The van der Waals surface area contributed by atoms with Crippen molar-refractivity contribution in [1.29, 1.82) is 0 Å². The van der Waals surface area contributed by atoms with E-state index in [0.29, 0.717) is 0 Å². The third-order valence-electron chi connectivity index (χ3n) is 3.53. The third-order valence-corrected chi connectivity index (χ3v) is 3.53. The maximum atomic E-state index is 3.43. The molecular formula is C20H41N5. The molecule has 0 aromatic rings. The van der Waals surface area contributed by atoms with Gasteiger partial charge in [-0.1, -0.05) is 50.3 Å². The number of likely N-dealkylation sites (N-methyl/N-ethyl adjacent to an activating group) is 1. The van der Waals surface area contributed by atoms with Crippen molar-refractivity contribution >= 4 is 0 Å². The monoisotopic (exact) mass is 351 g/mol. The maximum Gasteiger partial charge on any atom is 0.0138 e. The van der Waals surface area contributed by atoms with Crippen LogP contribution in [-0.4, -0.2) is 65.4 Å². The van der Waals surface area contributed by atoms with E-state index >= 15 is 0 Å². The molecule has 0 saturated carbocycles. The standard InChI is InChI=1S/C20H41N5/c1-3-21-13-5-7-15-23-17-9-11-19-25-20-12-10-18-24-16-8-6-14-22-4-2/h5,7,9-12,21-25H,3-4,6,8,13-20H2,1-2H3. The van der Waals surface area contributed by atoms with Crippen molar-refractivity contribution in [3.63, 3.8) is 0 Å². The zero-order valence-corrected chi connectivity index (χ0v) is 16.4. The lowest BCUT2D eigenvalue weighted by atomic mass is 10.3. The van der Waals surface area contributed by atoms with Gasteiger partial charge in [-0.25, -0.2) is 0 Å². The summed E-state index contributed by atoms with van der Waals surface area (Å²) in [7, 11) is 0. The quantitative estimate of drug-likeness (QED) is 0.180. The summed E-state index contributed by atoms with van der Waals surface area (Å²) in [6.07, 6.45) is 15.5. The molecule has 25 heavy (non-hydrogen) atoms. The lowest BCUT2D eigenvalue weighted by molar-refractivity contribution is 0.608. The van der Waals surface area contributed by atoms with Crippen LogP contribution in [0.1, 0.15) is 26.7 Å². The molecule has 0 aliphatic heterocycles. The van der Waals surface area contributed by atoms with E-state index in [1.165, 1.54) is 12.8 Å². The van der Waals surface area contributed by atoms with Crippen molar-refractivity contribution in [3.8, 4) is 0 Å². The van der Waals surface area contributed by atoms with Gasteiger partial charge >= 0.3 is 0 Å². The molecule has 0 atom stereocenters. The molecule has 0 aromatic carbocycles. The number of hydrogen-bond acceptors (Lipinski definition) is 5. The molecule has 0 radical (unpaired) electrons. The minimum Gasteiger partial charge on any atom is -0.317 e. The highest BCUT2D eigenvalue weighted by atomic mass is 14.9. The van der Waals surface area contributed by atoms with Crippen molar-refractivity contribution in [2.45, 2.75) is 26.7 Å². The zero-order chi connectivity index (χ0) is 18.3. The van der Waals surface area contributed by atoms with Crippen LogP contribution in [0.15, 0.2) is 36.5 Å². The van der Waals surface area contributed by atoms with Gasteiger partial charge in [0.1, 0.15) is 0 Å². The second kappa shape index (κ2) is 23.0. The topological polar surface area (TPSA) is 60.1 Å². The van der Waals surface area contributed by atoms with Crippen molar-refractivity contribution in [3.05, 3.63) is 36.5 Å². The first-order valence-corrected chi connectivity index (χ1v) is 9.90. The van der Waals surface area contributed by atoms with Crippen LogP contribution in [0.5, 0.6) is 0 Å². The van der Waals surface area contributed by atoms with E-state index in [-0.39, 0.29) is 0 Å². The number of nitrogens with one attached hydrogen (secondary N) is 5. The Balaban J connectivity index is 3.19. The highest BCUT2D eigenvalue weighted by molar-refractivity contribution is 4.91. The molecule has 0 bridgehead atoms. The molecule has 5 N–H and O–H groups in total. The summed E-state index contributed by atoms with van der Waals surface area (Å²) in [5.41, 5.74) is 0.